The first-order chi connectivity index (χ1) is 15.2. The highest BCUT2D eigenvalue weighted by atomic mass is 16.2. The van der Waals surface area contributed by atoms with Crippen molar-refractivity contribution in [1.29, 1.82) is 0 Å². The van der Waals surface area contributed by atoms with E-state index in [0.29, 0.717) is 25.6 Å². The van der Waals surface area contributed by atoms with Crippen LogP contribution in [0.15, 0.2) is 29.3 Å². The van der Waals surface area contributed by atoms with Crippen molar-refractivity contribution in [3.05, 3.63) is 35.4 Å². The molecule has 0 unspecified atom stereocenters. The second-order valence-corrected chi connectivity index (χ2v) is 9.33. The molecule has 2 saturated heterocycles. The van der Waals surface area contributed by atoms with E-state index in [9.17, 15) is 4.79 Å². The number of piperidine rings is 1. The van der Waals surface area contributed by atoms with Gasteiger partial charge in [0.2, 0.25) is 5.91 Å². The quantitative estimate of drug-likeness (QED) is 0.520. The Kier molecular flexibility index (Phi) is 7.84. The molecule has 0 radical (unpaired) electrons. The molecule has 0 aromatic heterocycles. The molecule has 1 aliphatic carbocycles. The summed E-state index contributed by atoms with van der Waals surface area (Å²) in [7, 11) is 0. The molecule has 6 nitrogen and oxygen atoms in total. The molecule has 1 amide bonds. The number of rotatable bonds is 7. The van der Waals surface area contributed by atoms with Gasteiger partial charge in [0.15, 0.2) is 5.96 Å². The van der Waals surface area contributed by atoms with E-state index in [1.54, 1.807) is 0 Å². The van der Waals surface area contributed by atoms with E-state index in [2.05, 4.69) is 46.7 Å². The summed E-state index contributed by atoms with van der Waals surface area (Å²) >= 11 is 0. The Balaban J connectivity index is 1.29. The minimum absolute atomic E-state index is 0.279. The smallest absolute Gasteiger partial charge is 0.222 e. The first-order valence-corrected chi connectivity index (χ1v) is 12.4. The minimum atomic E-state index is 0.279. The predicted octanol–water partition coefficient (Wildman–Crippen LogP) is 3.27. The lowest BCUT2D eigenvalue weighted by Crippen LogP contribution is -2.50. The highest BCUT2D eigenvalue weighted by Gasteiger charge is 2.27. The highest BCUT2D eigenvalue weighted by molar-refractivity contribution is 5.80. The van der Waals surface area contributed by atoms with Gasteiger partial charge in [-0.3, -0.25) is 4.79 Å². The Hall–Kier alpha value is -2.08. The predicted molar refractivity (Wildman–Crippen MR) is 126 cm³/mol. The summed E-state index contributed by atoms with van der Waals surface area (Å²) in [5.41, 5.74) is 2.39. The number of nitrogens with one attached hydrogen (secondary N) is 2. The van der Waals surface area contributed by atoms with Gasteiger partial charge in [0.05, 0.1) is 6.54 Å². The Morgan fingerprint density at radius 2 is 1.84 bits per heavy atom. The fourth-order valence-corrected chi connectivity index (χ4v) is 5.28. The molecule has 0 spiro atoms. The van der Waals surface area contributed by atoms with Gasteiger partial charge < -0.3 is 20.4 Å². The van der Waals surface area contributed by atoms with Crippen LogP contribution >= 0.6 is 0 Å². The Morgan fingerprint density at radius 3 is 2.55 bits per heavy atom. The van der Waals surface area contributed by atoms with Gasteiger partial charge in [-0.25, -0.2) is 4.99 Å². The number of hydrogen-bond donors (Lipinski definition) is 2. The van der Waals surface area contributed by atoms with Crippen LogP contribution in [0, 0.1) is 0 Å². The molecule has 2 N–H and O–H groups in total. The number of likely N-dealkylation sites (tertiary alicyclic amines) is 2. The number of carbonyl (C=O) groups excluding carboxylic acids is 1. The van der Waals surface area contributed by atoms with Crippen LogP contribution in [0.2, 0.25) is 0 Å². The van der Waals surface area contributed by atoms with E-state index in [0.717, 1.165) is 31.5 Å². The molecule has 4 rings (SSSR count). The largest absolute Gasteiger partial charge is 0.357 e. The number of amides is 1. The molecule has 1 aromatic carbocycles. The molecular formula is C25H39N5O. The average molecular weight is 426 g/mol. The van der Waals surface area contributed by atoms with Crippen LogP contribution in [0.3, 0.4) is 0 Å². The average Bonchev–Trinajstić information content (AvgIpc) is 3.46. The van der Waals surface area contributed by atoms with Gasteiger partial charge in [-0.2, -0.15) is 0 Å². The lowest BCUT2D eigenvalue weighted by Gasteiger charge is -2.36. The maximum Gasteiger partial charge on any atom is 0.222 e. The van der Waals surface area contributed by atoms with Crippen molar-refractivity contribution < 1.29 is 4.79 Å². The zero-order valence-corrected chi connectivity index (χ0v) is 19.1. The molecule has 1 aromatic rings. The van der Waals surface area contributed by atoms with Crippen molar-refractivity contribution in [3.8, 4) is 0 Å². The van der Waals surface area contributed by atoms with Crippen molar-refractivity contribution in [2.45, 2.75) is 83.5 Å². The fourth-order valence-electron chi connectivity index (χ4n) is 5.28. The van der Waals surface area contributed by atoms with Crippen LogP contribution < -0.4 is 10.6 Å². The molecule has 0 atom stereocenters. The lowest BCUT2D eigenvalue weighted by atomic mass is 10.0. The van der Waals surface area contributed by atoms with Gasteiger partial charge in [0, 0.05) is 51.2 Å². The summed E-state index contributed by atoms with van der Waals surface area (Å²) in [6.45, 7) is 7.65. The monoisotopic (exact) mass is 425 g/mol. The number of hydrogen-bond acceptors (Lipinski definition) is 3. The second-order valence-electron chi connectivity index (χ2n) is 9.33. The number of carbonyl (C=O) groups is 1. The number of guanidine groups is 1. The SMILES string of the molecule is CCNC(=NCc1cccc(CN2CCCC2=O)c1)NC1CCN(C2CCCC2)CC1. The summed E-state index contributed by atoms with van der Waals surface area (Å²) in [5, 5.41) is 7.09. The maximum atomic E-state index is 11.9. The van der Waals surface area contributed by atoms with E-state index in [4.69, 9.17) is 4.99 Å². The Labute approximate surface area is 187 Å². The van der Waals surface area contributed by atoms with Crippen molar-refractivity contribution in [2.75, 3.05) is 26.2 Å². The van der Waals surface area contributed by atoms with Gasteiger partial charge in [-0.1, -0.05) is 37.1 Å². The number of nitrogens with zero attached hydrogens (tertiary/aromatic N) is 3. The van der Waals surface area contributed by atoms with Gasteiger partial charge in [-0.05, 0) is 50.2 Å². The van der Waals surface area contributed by atoms with Crippen molar-refractivity contribution in [2.24, 2.45) is 4.99 Å². The third kappa shape index (κ3) is 6.22. The minimum Gasteiger partial charge on any atom is -0.357 e. The zero-order valence-electron chi connectivity index (χ0n) is 19.1. The van der Waals surface area contributed by atoms with E-state index in [-0.39, 0.29) is 5.91 Å². The van der Waals surface area contributed by atoms with Crippen LogP contribution in [0.25, 0.3) is 0 Å². The van der Waals surface area contributed by atoms with E-state index >= 15 is 0 Å². The molecular weight excluding hydrogens is 386 g/mol. The molecule has 3 aliphatic rings. The first kappa shape index (κ1) is 22.1. The standard InChI is InChI=1S/C25H39N5O/c1-2-26-25(28-22-12-15-29(16-13-22)23-9-3-4-10-23)27-18-20-7-5-8-21(17-20)19-30-14-6-11-24(30)31/h5,7-8,17,22-23H,2-4,6,9-16,18-19H2,1H3,(H2,26,27,28). The first-order valence-electron chi connectivity index (χ1n) is 12.4. The second kappa shape index (κ2) is 11.0. The lowest BCUT2D eigenvalue weighted by molar-refractivity contribution is -0.128. The summed E-state index contributed by atoms with van der Waals surface area (Å²) < 4.78 is 0. The Bertz CT molecular complexity index is 750. The maximum absolute atomic E-state index is 11.9. The molecule has 6 heteroatoms. The van der Waals surface area contributed by atoms with Gasteiger partial charge in [0.25, 0.3) is 0 Å². The fraction of sp³-hybridized carbons (Fsp3) is 0.680. The van der Waals surface area contributed by atoms with Crippen molar-refractivity contribution >= 4 is 11.9 Å². The molecule has 1 saturated carbocycles. The van der Waals surface area contributed by atoms with Gasteiger partial charge >= 0.3 is 0 Å². The molecule has 0 bridgehead atoms. The van der Waals surface area contributed by atoms with Crippen LogP contribution in [0.4, 0.5) is 0 Å². The van der Waals surface area contributed by atoms with Crippen LogP contribution in [0.1, 0.15) is 69.4 Å². The number of aliphatic imine (C=N–C) groups is 1. The molecule has 170 valence electrons. The van der Waals surface area contributed by atoms with E-state index in [1.165, 1.54) is 62.7 Å². The van der Waals surface area contributed by atoms with Crippen molar-refractivity contribution in [3.63, 3.8) is 0 Å². The molecule has 3 fully saturated rings. The summed E-state index contributed by atoms with van der Waals surface area (Å²) in [6, 6.07) is 9.86. The zero-order chi connectivity index (χ0) is 21.5. The van der Waals surface area contributed by atoms with E-state index in [1.807, 2.05) is 4.90 Å². The van der Waals surface area contributed by atoms with Crippen LogP contribution in [-0.4, -0.2) is 59.9 Å². The van der Waals surface area contributed by atoms with Crippen LogP contribution in [0.5, 0.6) is 0 Å². The van der Waals surface area contributed by atoms with Crippen molar-refractivity contribution in [1.82, 2.24) is 20.4 Å². The Morgan fingerprint density at radius 1 is 1.06 bits per heavy atom. The third-order valence-corrected chi connectivity index (χ3v) is 7.01. The number of benzene rings is 1. The van der Waals surface area contributed by atoms with E-state index < -0.39 is 0 Å². The molecule has 2 aliphatic heterocycles. The summed E-state index contributed by atoms with van der Waals surface area (Å²) in [6.07, 6.45) is 9.69. The summed E-state index contributed by atoms with van der Waals surface area (Å²) in [5.74, 6) is 1.20. The van der Waals surface area contributed by atoms with Gasteiger partial charge in [-0.15, -0.1) is 0 Å². The molecule has 31 heavy (non-hydrogen) atoms. The van der Waals surface area contributed by atoms with Crippen LogP contribution in [-0.2, 0) is 17.9 Å². The normalized spacial score (nSPS) is 21.8. The van der Waals surface area contributed by atoms with Gasteiger partial charge in [0.1, 0.15) is 0 Å². The topological polar surface area (TPSA) is 60.0 Å². The summed E-state index contributed by atoms with van der Waals surface area (Å²) in [4.78, 5) is 21.5. The molecule has 2 heterocycles. The highest BCUT2D eigenvalue weighted by Crippen LogP contribution is 2.26. The third-order valence-electron chi connectivity index (χ3n) is 7.01.